The van der Waals surface area contributed by atoms with Gasteiger partial charge in [0.25, 0.3) is 0 Å². The maximum absolute atomic E-state index is 12.5. The van der Waals surface area contributed by atoms with Crippen LogP contribution in [0.25, 0.3) is 0 Å². The number of para-hydroxylation sites is 1. The van der Waals surface area contributed by atoms with E-state index in [9.17, 15) is 9.59 Å². The van der Waals surface area contributed by atoms with Gasteiger partial charge >= 0.3 is 6.09 Å². The molecule has 1 spiro atoms. The molecule has 0 unspecified atom stereocenters. The van der Waals surface area contributed by atoms with Gasteiger partial charge in [0.05, 0.1) is 25.6 Å². The number of rotatable bonds is 5. The SMILES string of the molecule is O=C1OC2(CCN(C(=O)[C@H]3CCOC3)CC2)CN1CCOc1ccccc1. The van der Waals surface area contributed by atoms with Crippen molar-refractivity contribution in [1.29, 1.82) is 0 Å². The molecule has 3 saturated heterocycles. The van der Waals surface area contributed by atoms with Gasteiger partial charge in [0.1, 0.15) is 18.0 Å². The van der Waals surface area contributed by atoms with E-state index in [2.05, 4.69) is 0 Å². The second kappa shape index (κ2) is 7.76. The Morgan fingerprint density at radius 1 is 1.22 bits per heavy atom. The van der Waals surface area contributed by atoms with Crippen LogP contribution in [0.4, 0.5) is 4.79 Å². The van der Waals surface area contributed by atoms with Gasteiger partial charge in [0.15, 0.2) is 0 Å². The number of ether oxygens (including phenoxy) is 3. The van der Waals surface area contributed by atoms with Gasteiger partial charge in [-0.1, -0.05) is 18.2 Å². The number of carbonyl (C=O) groups excluding carboxylic acids is 2. The zero-order valence-corrected chi connectivity index (χ0v) is 15.5. The average molecular weight is 374 g/mol. The highest BCUT2D eigenvalue weighted by molar-refractivity contribution is 5.79. The number of likely N-dealkylation sites (tertiary alicyclic amines) is 1. The van der Waals surface area contributed by atoms with Crippen LogP contribution < -0.4 is 4.74 Å². The third-order valence-corrected chi connectivity index (χ3v) is 5.68. The number of carbonyl (C=O) groups is 2. The summed E-state index contributed by atoms with van der Waals surface area (Å²) in [6.45, 7) is 3.97. The second-order valence-electron chi connectivity index (χ2n) is 7.52. The monoisotopic (exact) mass is 374 g/mol. The fourth-order valence-electron chi connectivity index (χ4n) is 4.04. The number of hydrogen-bond donors (Lipinski definition) is 0. The molecule has 1 aromatic rings. The highest BCUT2D eigenvalue weighted by atomic mass is 16.6. The minimum absolute atomic E-state index is 0.00295. The Morgan fingerprint density at radius 3 is 2.70 bits per heavy atom. The summed E-state index contributed by atoms with van der Waals surface area (Å²) in [6.07, 6.45) is 1.91. The van der Waals surface area contributed by atoms with Crippen molar-refractivity contribution in [3.8, 4) is 5.75 Å². The van der Waals surface area contributed by atoms with Gasteiger partial charge in [-0.3, -0.25) is 4.79 Å². The molecule has 27 heavy (non-hydrogen) atoms. The lowest BCUT2D eigenvalue weighted by atomic mass is 9.90. The van der Waals surface area contributed by atoms with Crippen LogP contribution in [0.15, 0.2) is 30.3 Å². The van der Waals surface area contributed by atoms with Crippen molar-refractivity contribution in [2.45, 2.75) is 24.9 Å². The van der Waals surface area contributed by atoms with Gasteiger partial charge in [-0.2, -0.15) is 0 Å². The summed E-state index contributed by atoms with van der Waals surface area (Å²) in [5, 5.41) is 0. The summed E-state index contributed by atoms with van der Waals surface area (Å²) in [5.74, 6) is 0.971. The predicted molar refractivity (Wildman–Crippen MR) is 97.5 cm³/mol. The van der Waals surface area contributed by atoms with Crippen LogP contribution in [0.5, 0.6) is 5.75 Å². The van der Waals surface area contributed by atoms with Gasteiger partial charge in [-0.25, -0.2) is 4.79 Å². The molecule has 7 heteroatoms. The molecular weight excluding hydrogens is 348 g/mol. The lowest BCUT2D eigenvalue weighted by molar-refractivity contribution is -0.138. The van der Waals surface area contributed by atoms with E-state index in [0.29, 0.717) is 58.8 Å². The summed E-state index contributed by atoms with van der Waals surface area (Å²) in [7, 11) is 0. The second-order valence-corrected chi connectivity index (χ2v) is 7.52. The molecule has 0 radical (unpaired) electrons. The third-order valence-electron chi connectivity index (χ3n) is 5.68. The molecule has 7 nitrogen and oxygen atoms in total. The van der Waals surface area contributed by atoms with E-state index in [0.717, 1.165) is 12.2 Å². The van der Waals surface area contributed by atoms with Crippen LogP contribution in [0.2, 0.25) is 0 Å². The van der Waals surface area contributed by atoms with Gasteiger partial charge in [-0.05, 0) is 18.6 Å². The predicted octanol–water partition coefficient (Wildman–Crippen LogP) is 1.92. The van der Waals surface area contributed by atoms with E-state index in [1.54, 1.807) is 4.90 Å². The first-order chi connectivity index (χ1) is 13.2. The zero-order valence-electron chi connectivity index (χ0n) is 15.5. The van der Waals surface area contributed by atoms with E-state index in [4.69, 9.17) is 14.2 Å². The standard InChI is InChI=1S/C20H26N2O5/c23-18(16-6-12-25-14-16)21-9-7-20(8-10-21)15-22(19(24)27-20)11-13-26-17-4-2-1-3-5-17/h1-5,16H,6-15H2/t16-/m0/s1. The van der Waals surface area contributed by atoms with Crippen molar-refractivity contribution in [3.63, 3.8) is 0 Å². The molecule has 1 atom stereocenters. The molecule has 3 fully saturated rings. The summed E-state index contributed by atoms with van der Waals surface area (Å²) in [4.78, 5) is 28.4. The minimum atomic E-state index is -0.465. The number of benzene rings is 1. The largest absolute Gasteiger partial charge is 0.492 e. The van der Waals surface area contributed by atoms with Gasteiger partial charge < -0.3 is 24.0 Å². The first-order valence-corrected chi connectivity index (χ1v) is 9.68. The van der Waals surface area contributed by atoms with Gasteiger partial charge in [0, 0.05) is 32.5 Å². The Labute approximate surface area is 159 Å². The Morgan fingerprint density at radius 2 is 2.00 bits per heavy atom. The number of piperidine rings is 1. The molecule has 2 amide bonds. The van der Waals surface area contributed by atoms with Crippen LogP contribution in [-0.2, 0) is 14.3 Å². The Kier molecular flexibility index (Phi) is 5.20. The quantitative estimate of drug-likeness (QED) is 0.788. The molecule has 3 heterocycles. The van der Waals surface area contributed by atoms with Crippen LogP contribution in [0, 0.1) is 5.92 Å². The molecule has 146 valence electrons. The summed E-state index contributed by atoms with van der Waals surface area (Å²) >= 11 is 0. The average Bonchev–Trinajstić information content (AvgIpc) is 3.32. The van der Waals surface area contributed by atoms with Crippen LogP contribution in [0.1, 0.15) is 19.3 Å². The first-order valence-electron chi connectivity index (χ1n) is 9.68. The van der Waals surface area contributed by atoms with Crippen LogP contribution in [-0.4, -0.2) is 73.4 Å². The molecule has 0 N–H and O–H groups in total. The molecule has 3 aliphatic heterocycles. The van der Waals surface area contributed by atoms with Crippen molar-refractivity contribution in [2.75, 3.05) is 46.0 Å². The highest BCUT2D eigenvalue weighted by Gasteiger charge is 2.47. The van der Waals surface area contributed by atoms with Crippen molar-refractivity contribution >= 4 is 12.0 Å². The van der Waals surface area contributed by atoms with E-state index in [1.807, 2.05) is 35.2 Å². The van der Waals surface area contributed by atoms with Crippen LogP contribution >= 0.6 is 0 Å². The summed E-state index contributed by atoms with van der Waals surface area (Å²) < 4.78 is 16.7. The summed E-state index contributed by atoms with van der Waals surface area (Å²) in [6, 6.07) is 9.56. The fourth-order valence-corrected chi connectivity index (χ4v) is 4.04. The Bertz CT molecular complexity index is 666. The first kappa shape index (κ1) is 18.1. The number of hydrogen-bond acceptors (Lipinski definition) is 5. The van der Waals surface area contributed by atoms with Crippen molar-refractivity contribution in [1.82, 2.24) is 9.80 Å². The lowest BCUT2D eigenvalue weighted by Gasteiger charge is -2.38. The topological polar surface area (TPSA) is 68.3 Å². The lowest BCUT2D eigenvalue weighted by Crippen LogP contribution is -2.50. The third kappa shape index (κ3) is 4.03. The Hall–Kier alpha value is -2.28. The maximum Gasteiger partial charge on any atom is 0.410 e. The van der Waals surface area contributed by atoms with Crippen molar-refractivity contribution in [3.05, 3.63) is 30.3 Å². The maximum atomic E-state index is 12.5. The van der Waals surface area contributed by atoms with Gasteiger partial charge in [0.2, 0.25) is 5.91 Å². The molecule has 0 aromatic heterocycles. The molecule has 0 bridgehead atoms. The van der Waals surface area contributed by atoms with Crippen molar-refractivity contribution < 1.29 is 23.8 Å². The summed E-state index contributed by atoms with van der Waals surface area (Å²) in [5.41, 5.74) is -0.465. The molecule has 3 aliphatic rings. The van der Waals surface area contributed by atoms with E-state index >= 15 is 0 Å². The van der Waals surface area contributed by atoms with E-state index in [1.165, 1.54) is 0 Å². The van der Waals surface area contributed by atoms with E-state index in [-0.39, 0.29) is 17.9 Å². The molecule has 1 aromatic carbocycles. The number of nitrogens with zero attached hydrogens (tertiary/aromatic N) is 2. The fraction of sp³-hybridized carbons (Fsp3) is 0.600. The molecule has 0 aliphatic carbocycles. The molecule has 4 rings (SSSR count). The minimum Gasteiger partial charge on any atom is -0.492 e. The van der Waals surface area contributed by atoms with Crippen molar-refractivity contribution in [2.24, 2.45) is 5.92 Å². The molecule has 0 saturated carbocycles. The highest BCUT2D eigenvalue weighted by Crippen LogP contribution is 2.34. The van der Waals surface area contributed by atoms with Crippen LogP contribution in [0.3, 0.4) is 0 Å². The number of amides is 2. The normalized spacial score (nSPS) is 24.3. The van der Waals surface area contributed by atoms with Gasteiger partial charge in [-0.15, -0.1) is 0 Å². The smallest absolute Gasteiger partial charge is 0.410 e. The Balaban J connectivity index is 1.25. The molecular formula is C20H26N2O5. The van der Waals surface area contributed by atoms with E-state index < -0.39 is 5.60 Å². The zero-order chi connectivity index (χ0) is 18.7.